The monoisotopic (exact) mass is 955 g/mol. The Hall–Kier alpha value is -5.89. The number of rotatable bonds is 12. The minimum Gasteiger partial charge on any atom is -0.506 e. The fourth-order valence-electron chi connectivity index (χ4n) is 5.61. The van der Waals surface area contributed by atoms with E-state index in [0.29, 0.717) is 28.4 Å². The van der Waals surface area contributed by atoms with Crippen LogP contribution in [0.4, 0.5) is 31.5 Å². The number of anilines is 4. The third-order valence-electron chi connectivity index (χ3n) is 10.1. The van der Waals surface area contributed by atoms with Gasteiger partial charge >= 0.3 is 0 Å². The third kappa shape index (κ3) is 18.4. The van der Waals surface area contributed by atoms with Gasteiger partial charge in [-0.2, -0.15) is 0 Å². The number of phenols is 4. The highest BCUT2D eigenvalue weighted by Crippen LogP contribution is 2.44. The van der Waals surface area contributed by atoms with Gasteiger partial charge in [-0.25, -0.2) is 8.78 Å². The van der Waals surface area contributed by atoms with Crippen LogP contribution in [-0.4, -0.2) is 44.1 Å². The molecule has 4 rings (SSSR count). The maximum atomic E-state index is 13.5. The Morgan fingerprint density at radius 3 is 1.34 bits per heavy atom. The largest absolute Gasteiger partial charge is 0.506 e. The van der Waals surface area contributed by atoms with Crippen LogP contribution in [0.2, 0.25) is 5.02 Å². The molecular weight excluding hydrogens is 882 g/mol. The molecule has 0 saturated carbocycles. The molecule has 4 aromatic carbocycles. The standard InChI is InChI=1S/C13H18ClNO3.C13H18FNO2.C13H18FNO.C13H19NO2/c1-6(2)8-5-9(15-13(18)7(3)4)12(17)10(14)11(8)16;1-7(2)11-9(14)5-6-10(12(11)16)15-13(17)8(3)4;1-8(2)11-7-10(5-6-12(11)14)15-13(16)9(3)4;1-8(2)10-5-6-12(15)11(7-10)14-13(16)9(3)4/h5-7,16-17H,1-4H3,(H,15,18);5-8,16H,1-4H3,(H,15,17);5-9H,1-4H3,(H,15,16);5-9,15H,1-4H3,(H,14,16). The highest BCUT2D eigenvalue weighted by molar-refractivity contribution is 6.34. The number of aromatic hydroxyl groups is 4. The number of amides is 4. The van der Waals surface area contributed by atoms with Crippen molar-refractivity contribution < 1.29 is 48.4 Å². The zero-order chi connectivity index (χ0) is 51.8. The fourth-order valence-corrected chi connectivity index (χ4v) is 5.82. The second-order valence-corrected chi connectivity index (χ2v) is 19.0. The van der Waals surface area contributed by atoms with Gasteiger partial charge in [0.25, 0.3) is 0 Å². The minimum absolute atomic E-state index is 0.0257. The number of hydrogen-bond acceptors (Lipinski definition) is 8. The molecule has 0 aliphatic rings. The van der Waals surface area contributed by atoms with Crippen molar-refractivity contribution in [2.24, 2.45) is 23.7 Å². The maximum Gasteiger partial charge on any atom is 0.227 e. The van der Waals surface area contributed by atoms with Crippen LogP contribution >= 0.6 is 11.6 Å². The van der Waals surface area contributed by atoms with Crippen molar-refractivity contribution in [2.75, 3.05) is 21.3 Å². The first-order chi connectivity index (χ1) is 30.9. The average Bonchev–Trinajstić information content (AvgIpc) is 3.23. The zero-order valence-corrected chi connectivity index (χ0v) is 42.6. The van der Waals surface area contributed by atoms with Crippen LogP contribution in [-0.2, 0) is 19.2 Å². The number of carbonyl (C=O) groups is 4. The molecule has 0 bridgehead atoms. The zero-order valence-electron chi connectivity index (χ0n) is 41.9. The Labute approximate surface area is 400 Å². The Morgan fingerprint density at radius 2 is 0.896 bits per heavy atom. The van der Waals surface area contributed by atoms with Crippen LogP contribution in [0.1, 0.15) is 157 Å². The Bertz CT molecular complexity index is 2310. The van der Waals surface area contributed by atoms with Gasteiger partial charge in [-0.1, -0.05) is 128 Å². The Morgan fingerprint density at radius 1 is 0.448 bits per heavy atom. The number of phenolic OH excluding ortho intramolecular Hbond substituents is 4. The molecule has 0 spiro atoms. The van der Waals surface area contributed by atoms with Crippen LogP contribution in [0.3, 0.4) is 0 Å². The lowest BCUT2D eigenvalue weighted by Gasteiger charge is -2.16. The van der Waals surface area contributed by atoms with Crippen molar-refractivity contribution in [1.82, 2.24) is 0 Å². The lowest BCUT2D eigenvalue weighted by molar-refractivity contribution is -0.119. The smallest absolute Gasteiger partial charge is 0.227 e. The SMILES string of the molecule is CC(C)C(=O)Nc1cc(C(C)C)c(O)c(Cl)c1O.CC(C)C(=O)Nc1cc(C(C)C)ccc1O.CC(C)C(=O)Nc1ccc(F)c(C(C)C)c1.CC(C)C(=O)Nc1ccc(F)c(C(C)C)c1O. The molecule has 0 unspecified atom stereocenters. The average molecular weight is 956 g/mol. The number of nitrogens with one attached hydrogen (secondary N) is 4. The van der Waals surface area contributed by atoms with Crippen LogP contribution < -0.4 is 21.3 Å². The van der Waals surface area contributed by atoms with Crippen LogP contribution in [0.15, 0.2) is 54.6 Å². The summed E-state index contributed by atoms with van der Waals surface area (Å²) in [5.74, 6) is -2.00. The lowest BCUT2D eigenvalue weighted by Crippen LogP contribution is -2.18. The van der Waals surface area contributed by atoms with E-state index in [9.17, 15) is 48.4 Å². The highest BCUT2D eigenvalue weighted by Gasteiger charge is 2.21. The first kappa shape index (κ1) is 59.1. The highest BCUT2D eigenvalue weighted by atomic mass is 35.5. The van der Waals surface area contributed by atoms with E-state index in [1.807, 2.05) is 67.5 Å². The molecule has 0 heterocycles. The molecule has 4 aromatic rings. The Kier molecular flexibility index (Phi) is 23.9. The molecule has 370 valence electrons. The quantitative estimate of drug-likeness (QED) is 0.0507. The summed E-state index contributed by atoms with van der Waals surface area (Å²) in [5, 5.41) is 49.7. The first-order valence-electron chi connectivity index (χ1n) is 22.5. The van der Waals surface area contributed by atoms with E-state index in [4.69, 9.17) is 11.6 Å². The summed E-state index contributed by atoms with van der Waals surface area (Å²) in [5.41, 5.74) is 4.16. The van der Waals surface area contributed by atoms with Crippen molar-refractivity contribution in [3.05, 3.63) is 93.5 Å². The van der Waals surface area contributed by atoms with E-state index in [1.54, 1.807) is 65.8 Å². The predicted octanol–water partition coefficient (Wildman–Crippen LogP) is 13.4. The molecule has 0 aromatic heterocycles. The molecule has 8 N–H and O–H groups in total. The van der Waals surface area contributed by atoms with E-state index in [-0.39, 0.29) is 116 Å². The maximum absolute atomic E-state index is 13.5. The fraction of sp³-hybridized carbons (Fsp3) is 0.462. The van der Waals surface area contributed by atoms with Gasteiger partial charge in [0.2, 0.25) is 23.6 Å². The molecule has 4 amide bonds. The third-order valence-corrected chi connectivity index (χ3v) is 10.4. The molecular formula is C52H73ClF2N4O8. The van der Waals surface area contributed by atoms with Crippen molar-refractivity contribution in [2.45, 2.75) is 134 Å². The van der Waals surface area contributed by atoms with Crippen molar-refractivity contribution in [1.29, 1.82) is 0 Å². The van der Waals surface area contributed by atoms with Gasteiger partial charge in [0.1, 0.15) is 33.9 Å². The lowest BCUT2D eigenvalue weighted by atomic mass is 10.0. The number of halogens is 3. The summed E-state index contributed by atoms with van der Waals surface area (Å²) < 4.78 is 26.9. The molecule has 0 saturated heterocycles. The van der Waals surface area contributed by atoms with E-state index >= 15 is 0 Å². The summed E-state index contributed by atoms with van der Waals surface area (Å²) in [7, 11) is 0. The summed E-state index contributed by atoms with van der Waals surface area (Å²) in [4.78, 5) is 46.1. The van der Waals surface area contributed by atoms with E-state index in [0.717, 1.165) is 5.56 Å². The number of hydrogen-bond donors (Lipinski definition) is 8. The normalized spacial score (nSPS) is 11.0. The number of benzene rings is 4. The topological polar surface area (TPSA) is 197 Å². The van der Waals surface area contributed by atoms with Crippen molar-refractivity contribution in [3.63, 3.8) is 0 Å². The van der Waals surface area contributed by atoms with Gasteiger partial charge in [-0.15, -0.1) is 0 Å². The number of carbonyl (C=O) groups excluding carboxylic acids is 4. The van der Waals surface area contributed by atoms with Crippen LogP contribution in [0.25, 0.3) is 0 Å². The van der Waals surface area contributed by atoms with E-state index < -0.39 is 5.82 Å². The van der Waals surface area contributed by atoms with Crippen LogP contribution in [0, 0.1) is 35.3 Å². The molecule has 0 atom stereocenters. The molecule has 12 nitrogen and oxygen atoms in total. The van der Waals surface area contributed by atoms with Gasteiger partial charge in [0.15, 0.2) is 5.75 Å². The van der Waals surface area contributed by atoms with Crippen LogP contribution in [0.5, 0.6) is 23.0 Å². The molecule has 15 heteroatoms. The molecule has 67 heavy (non-hydrogen) atoms. The second kappa shape index (κ2) is 27.1. The first-order valence-corrected chi connectivity index (χ1v) is 22.9. The van der Waals surface area contributed by atoms with E-state index in [1.165, 1.54) is 18.2 Å². The molecule has 0 aliphatic heterocycles. The van der Waals surface area contributed by atoms with Crippen molar-refractivity contribution in [3.8, 4) is 23.0 Å². The molecule has 0 radical (unpaired) electrons. The van der Waals surface area contributed by atoms with Gasteiger partial charge in [0, 0.05) is 40.5 Å². The summed E-state index contributed by atoms with van der Waals surface area (Å²) in [6.45, 7) is 29.6. The van der Waals surface area contributed by atoms with Gasteiger partial charge in [-0.05, 0) is 83.3 Å². The van der Waals surface area contributed by atoms with Gasteiger partial charge in [-0.3, -0.25) is 19.2 Å². The predicted molar refractivity (Wildman–Crippen MR) is 268 cm³/mol. The van der Waals surface area contributed by atoms with E-state index in [2.05, 4.69) is 35.1 Å². The Balaban J connectivity index is 0.000000447. The molecule has 0 aliphatic carbocycles. The summed E-state index contributed by atoms with van der Waals surface area (Å²) in [6.07, 6.45) is 0. The summed E-state index contributed by atoms with van der Waals surface area (Å²) in [6, 6.07) is 14.1. The van der Waals surface area contributed by atoms with Gasteiger partial charge in [0.05, 0.1) is 17.1 Å². The molecule has 0 fully saturated rings. The van der Waals surface area contributed by atoms with Gasteiger partial charge < -0.3 is 41.7 Å². The van der Waals surface area contributed by atoms with Crippen molar-refractivity contribution >= 4 is 58.0 Å². The second-order valence-electron chi connectivity index (χ2n) is 18.6. The summed E-state index contributed by atoms with van der Waals surface area (Å²) >= 11 is 5.84. The minimum atomic E-state index is -0.458.